The molecule has 0 bridgehead atoms. The maximum atomic E-state index is 12.8. The van der Waals surface area contributed by atoms with Crippen LogP contribution in [-0.4, -0.2) is 35.3 Å². The minimum Gasteiger partial charge on any atom is -0.491 e. The number of nitrogen functional groups attached to an aromatic ring is 1. The fourth-order valence-corrected chi connectivity index (χ4v) is 6.60. The SMILES string of the molecule is CCCS(=O)c1sc2nc(-c3cccs3)cc(-c3ccc(OCCOC)cc3)c2c1N. The molecule has 4 rings (SSSR count). The molecule has 1 aromatic carbocycles. The van der Waals surface area contributed by atoms with E-state index in [1.165, 1.54) is 11.3 Å². The quantitative estimate of drug-likeness (QED) is 0.311. The Balaban J connectivity index is 1.83. The summed E-state index contributed by atoms with van der Waals surface area (Å²) in [6.07, 6.45) is 0.839. The van der Waals surface area contributed by atoms with Gasteiger partial charge in [0.1, 0.15) is 21.4 Å². The van der Waals surface area contributed by atoms with Crippen LogP contribution in [0.5, 0.6) is 5.75 Å². The van der Waals surface area contributed by atoms with Crippen LogP contribution in [0.25, 0.3) is 31.9 Å². The zero-order chi connectivity index (χ0) is 21.8. The van der Waals surface area contributed by atoms with Gasteiger partial charge in [0, 0.05) is 18.2 Å². The number of fused-ring (bicyclic) bond motifs is 1. The van der Waals surface area contributed by atoms with Crippen molar-refractivity contribution in [1.82, 2.24) is 4.98 Å². The van der Waals surface area contributed by atoms with Gasteiger partial charge < -0.3 is 15.2 Å². The van der Waals surface area contributed by atoms with E-state index in [0.717, 1.165) is 44.1 Å². The summed E-state index contributed by atoms with van der Waals surface area (Å²) in [6.45, 7) is 3.07. The molecule has 8 heteroatoms. The van der Waals surface area contributed by atoms with Crippen LogP contribution >= 0.6 is 22.7 Å². The van der Waals surface area contributed by atoms with Gasteiger partial charge in [-0.25, -0.2) is 4.98 Å². The summed E-state index contributed by atoms with van der Waals surface area (Å²) in [7, 11) is 0.532. The van der Waals surface area contributed by atoms with Crippen LogP contribution in [0.3, 0.4) is 0 Å². The first-order chi connectivity index (χ1) is 15.1. The van der Waals surface area contributed by atoms with E-state index in [4.69, 9.17) is 20.2 Å². The molecule has 5 nitrogen and oxygen atoms in total. The molecule has 162 valence electrons. The fraction of sp³-hybridized carbons (Fsp3) is 0.261. The summed E-state index contributed by atoms with van der Waals surface area (Å²) >= 11 is 3.09. The molecule has 1 unspecified atom stereocenters. The Morgan fingerprint density at radius 1 is 1.16 bits per heavy atom. The van der Waals surface area contributed by atoms with Crippen LogP contribution in [-0.2, 0) is 15.5 Å². The predicted octanol–water partition coefficient (Wildman–Crippen LogP) is 5.82. The Labute approximate surface area is 192 Å². The van der Waals surface area contributed by atoms with Crippen LogP contribution in [0.1, 0.15) is 13.3 Å². The lowest BCUT2D eigenvalue weighted by Gasteiger charge is -2.10. The third-order valence-electron chi connectivity index (χ3n) is 4.76. The standard InChI is InChI=1S/C23H24N2O3S3/c1-3-13-31(26)23-21(24)20-17(15-6-8-16(9-7-15)28-11-10-27-2)14-18(25-22(20)30-23)19-5-4-12-29-19/h4-9,12,14H,3,10-11,13,24H2,1-2H3. The second-order valence-electron chi connectivity index (χ2n) is 6.93. The van der Waals surface area contributed by atoms with E-state index in [2.05, 4.69) is 12.1 Å². The fourth-order valence-electron chi connectivity index (χ4n) is 3.30. The number of thiophene rings is 2. The molecule has 0 saturated carbocycles. The molecule has 0 aliphatic carbocycles. The van der Waals surface area contributed by atoms with Gasteiger partial charge in [0.25, 0.3) is 0 Å². The lowest BCUT2D eigenvalue weighted by Crippen LogP contribution is -2.03. The van der Waals surface area contributed by atoms with Crippen molar-refractivity contribution in [3.63, 3.8) is 0 Å². The minimum absolute atomic E-state index is 0.502. The number of methoxy groups -OCH3 is 1. The van der Waals surface area contributed by atoms with Crippen LogP contribution in [0, 0.1) is 0 Å². The zero-order valence-corrected chi connectivity index (χ0v) is 19.9. The van der Waals surface area contributed by atoms with Gasteiger partial charge in [-0.15, -0.1) is 22.7 Å². The summed E-state index contributed by atoms with van der Waals surface area (Å²) in [5.41, 5.74) is 10.0. The largest absolute Gasteiger partial charge is 0.491 e. The zero-order valence-electron chi connectivity index (χ0n) is 17.4. The van der Waals surface area contributed by atoms with E-state index in [1.807, 2.05) is 42.6 Å². The first-order valence-corrected chi connectivity index (χ1v) is 13.0. The molecular formula is C23H24N2O3S3. The molecule has 0 fully saturated rings. The van der Waals surface area contributed by atoms with E-state index >= 15 is 0 Å². The van der Waals surface area contributed by atoms with Crippen molar-refractivity contribution < 1.29 is 13.7 Å². The Bertz CT molecular complexity index is 1190. The molecule has 3 aromatic heterocycles. The topological polar surface area (TPSA) is 74.4 Å². The molecule has 0 radical (unpaired) electrons. The molecule has 0 saturated heterocycles. The maximum Gasteiger partial charge on any atom is 0.127 e. The summed E-state index contributed by atoms with van der Waals surface area (Å²) in [4.78, 5) is 6.78. The summed E-state index contributed by atoms with van der Waals surface area (Å²) in [5, 5.41) is 2.91. The highest BCUT2D eigenvalue weighted by Crippen LogP contribution is 2.43. The van der Waals surface area contributed by atoms with E-state index in [-0.39, 0.29) is 0 Å². The van der Waals surface area contributed by atoms with Gasteiger partial charge in [0.15, 0.2) is 0 Å². The average Bonchev–Trinajstić information content (AvgIpc) is 3.43. The molecule has 0 aliphatic rings. The number of anilines is 1. The predicted molar refractivity (Wildman–Crippen MR) is 132 cm³/mol. The van der Waals surface area contributed by atoms with Crippen molar-refractivity contribution in [2.24, 2.45) is 0 Å². The van der Waals surface area contributed by atoms with Crippen molar-refractivity contribution in [3.8, 4) is 27.4 Å². The summed E-state index contributed by atoms with van der Waals surface area (Å²) in [6, 6.07) is 14.1. The second-order valence-corrected chi connectivity index (χ2v) is 10.6. The van der Waals surface area contributed by atoms with Gasteiger partial charge in [-0.05, 0) is 47.2 Å². The first kappa shape index (κ1) is 22.0. The average molecular weight is 473 g/mol. The van der Waals surface area contributed by atoms with E-state index in [0.29, 0.717) is 28.9 Å². The lowest BCUT2D eigenvalue weighted by molar-refractivity contribution is 0.146. The van der Waals surface area contributed by atoms with E-state index in [1.54, 1.807) is 18.4 Å². The normalized spacial score (nSPS) is 12.3. The van der Waals surface area contributed by atoms with Crippen LogP contribution < -0.4 is 10.5 Å². The molecule has 0 amide bonds. The number of pyridine rings is 1. The molecule has 4 aromatic rings. The highest BCUT2D eigenvalue weighted by atomic mass is 32.2. The lowest BCUT2D eigenvalue weighted by atomic mass is 10.0. The maximum absolute atomic E-state index is 12.8. The van der Waals surface area contributed by atoms with Gasteiger partial charge in [-0.2, -0.15) is 0 Å². The Hall–Kier alpha value is -2.26. The van der Waals surface area contributed by atoms with Crippen LogP contribution in [0.2, 0.25) is 0 Å². The molecule has 0 spiro atoms. The number of nitrogens with two attached hydrogens (primary N) is 1. The second kappa shape index (κ2) is 9.91. The highest BCUT2D eigenvalue weighted by Gasteiger charge is 2.21. The third kappa shape index (κ3) is 4.67. The number of rotatable bonds is 9. The van der Waals surface area contributed by atoms with Crippen molar-refractivity contribution >= 4 is 49.4 Å². The summed E-state index contributed by atoms with van der Waals surface area (Å²) in [5.74, 6) is 1.38. The van der Waals surface area contributed by atoms with E-state index < -0.39 is 10.8 Å². The number of aromatic nitrogens is 1. The number of hydrogen-bond acceptors (Lipinski definition) is 7. The Morgan fingerprint density at radius 3 is 2.65 bits per heavy atom. The smallest absolute Gasteiger partial charge is 0.127 e. The van der Waals surface area contributed by atoms with Crippen LogP contribution in [0.15, 0.2) is 52.1 Å². The van der Waals surface area contributed by atoms with Crippen molar-refractivity contribution in [1.29, 1.82) is 0 Å². The molecule has 3 heterocycles. The Kier molecular flexibility index (Phi) is 7.02. The first-order valence-electron chi connectivity index (χ1n) is 9.99. The van der Waals surface area contributed by atoms with E-state index in [9.17, 15) is 4.21 Å². The molecular weight excluding hydrogens is 448 g/mol. The van der Waals surface area contributed by atoms with Crippen molar-refractivity contribution in [3.05, 3.63) is 47.8 Å². The van der Waals surface area contributed by atoms with Crippen molar-refractivity contribution in [2.75, 3.05) is 31.8 Å². The van der Waals surface area contributed by atoms with Gasteiger partial charge >= 0.3 is 0 Å². The van der Waals surface area contributed by atoms with Gasteiger partial charge in [-0.1, -0.05) is 25.1 Å². The van der Waals surface area contributed by atoms with Gasteiger partial charge in [-0.3, -0.25) is 4.21 Å². The number of hydrogen-bond donors (Lipinski definition) is 1. The number of nitrogens with zero attached hydrogens (tertiary/aromatic N) is 1. The van der Waals surface area contributed by atoms with Gasteiger partial charge in [0.05, 0.1) is 33.7 Å². The van der Waals surface area contributed by atoms with Crippen molar-refractivity contribution in [2.45, 2.75) is 17.6 Å². The Morgan fingerprint density at radius 2 is 1.97 bits per heavy atom. The highest BCUT2D eigenvalue weighted by molar-refractivity contribution is 7.87. The molecule has 2 N–H and O–H groups in total. The van der Waals surface area contributed by atoms with Gasteiger partial charge in [0.2, 0.25) is 0 Å². The molecule has 1 atom stereocenters. The third-order valence-corrected chi connectivity index (χ3v) is 8.76. The summed E-state index contributed by atoms with van der Waals surface area (Å²) < 4.78 is 24.2. The number of benzene rings is 1. The molecule has 0 aliphatic heterocycles. The minimum atomic E-state index is -1.12. The van der Waals surface area contributed by atoms with Crippen LogP contribution in [0.4, 0.5) is 5.69 Å². The monoisotopic (exact) mass is 472 g/mol. The number of ether oxygens (including phenoxy) is 2. The molecule has 31 heavy (non-hydrogen) atoms.